The minimum Gasteiger partial charge on any atom is -0.508 e. The maximum atomic E-state index is 13.5. The van der Waals surface area contributed by atoms with Crippen LogP contribution in [0.5, 0.6) is 5.75 Å². The number of phenols is 1. The summed E-state index contributed by atoms with van der Waals surface area (Å²) < 4.78 is 0. The molecule has 1 amide bonds. The van der Waals surface area contributed by atoms with Crippen LogP contribution in [-0.2, 0) is 4.79 Å². The minimum absolute atomic E-state index is 0.0437. The summed E-state index contributed by atoms with van der Waals surface area (Å²) in [6, 6.07) is 23.2. The third-order valence-corrected chi connectivity index (χ3v) is 9.00. The van der Waals surface area contributed by atoms with Gasteiger partial charge in [0.2, 0.25) is 5.91 Å². The van der Waals surface area contributed by atoms with Crippen molar-refractivity contribution in [2.24, 2.45) is 5.92 Å². The Bertz CT molecular complexity index is 1540. The first-order chi connectivity index (χ1) is 19.4. The number of aromatic hydroxyl groups is 1. The Morgan fingerprint density at radius 2 is 1.68 bits per heavy atom. The van der Waals surface area contributed by atoms with Gasteiger partial charge in [-0.25, -0.2) is 0 Å². The van der Waals surface area contributed by atoms with Crippen molar-refractivity contribution in [2.45, 2.75) is 30.2 Å². The number of hydrogen-bond acceptors (Lipinski definition) is 6. The number of phenolic OH excluding ortho intramolecular Hbond substituents is 1. The summed E-state index contributed by atoms with van der Waals surface area (Å²) in [4.78, 5) is 32.0. The molecule has 1 saturated heterocycles. The first-order valence-corrected chi connectivity index (χ1v) is 14.6. The molecule has 1 aliphatic heterocycles. The summed E-state index contributed by atoms with van der Waals surface area (Å²) in [5, 5.41) is 20.8. The number of amides is 1. The van der Waals surface area contributed by atoms with E-state index in [0.717, 1.165) is 40.8 Å². The SMILES string of the molecule is O=C(c1cncc(-c2ccc(N3C(=O)[C@H](SC[C@H](O)c4ccc(Cl)cc4)[C@H]3c3ccc(O)cc3)cc2)c1)C1CC1. The Morgan fingerprint density at radius 3 is 2.35 bits per heavy atom. The fourth-order valence-electron chi connectivity index (χ4n) is 5.01. The molecule has 8 heteroatoms. The molecule has 3 atom stereocenters. The van der Waals surface area contributed by atoms with Crippen molar-refractivity contribution < 1.29 is 19.8 Å². The number of benzene rings is 3. The quantitative estimate of drug-likeness (QED) is 0.173. The highest BCUT2D eigenvalue weighted by molar-refractivity contribution is 8.00. The van der Waals surface area contributed by atoms with Crippen molar-refractivity contribution in [1.82, 2.24) is 4.98 Å². The molecule has 40 heavy (non-hydrogen) atoms. The van der Waals surface area contributed by atoms with Crippen molar-refractivity contribution in [3.63, 3.8) is 0 Å². The summed E-state index contributed by atoms with van der Waals surface area (Å²) in [6.45, 7) is 0. The molecule has 2 heterocycles. The number of thioether (sulfide) groups is 1. The van der Waals surface area contributed by atoms with E-state index in [1.807, 2.05) is 42.5 Å². The van der Waals surface area contributed by atoms with Crippen molar-refractivity contribution in [3.05, 3.63) is 113 Å². The van der Waals surface area contributed by atoms with E-state index in [0.29, 0.717) is 16.3 Å². The van der Waals surface area contributed by atoms with E-state index in [9.17, 15) is 19.8 Å². The predicted octanol–water partition coefficient (Wildman–Crippen LogP) is 6.62. The normalized spacial score (nSPS) is 19.2. The highest BCUT2D eigenvalue weighted by Gasteiger charge is 2.49. The number of β-lactam (4-membered cyclic amide) rings is 1. The fraction of sp³-hybridized carbons (Fsp3) is 0.219. The van der Waals surface area contributed by atoms with Gasteiger partial charge in [0.15, 0.2) is 5.78 Å². The van der Waals surface area contributed by atoms with Crippen LogP contribution >= 0.6 is 23.4 Å². The van der Waals surface area contributed by atoms with Gasteiger partial charge < -0.3 is 15.1 Å². The van der Waals surface area contributed by atoms with Crippen molar-refractivity contribution >= 4 is 40.7 Å². The number of anilines is 1. The van der Waals surface area contributed by atoms with Gasteiger partial charge in [0.05, 0.1) is 12.1 Å². The summed E-state index contributed by atoms with van der Waals surface area (Å²) in [5.74, 6) is 0.745. The van der Waals surface area contributed by atoms with E-state index in [4.69, 9.17) is 11.6 Å². The molecule has 6 rings (SSSR count). The Hall–Kier alpha value is -3.65. The molecule has 2 N–H and O–H groups in total. The number of carbonyl (C=O) groups is 2. The van der Waals surface area contributed by atoms with Gasteiger partial charge in [0, 0.05) is 45.9 Å². The van der Waals surface area contributed by atoms with Gasteiger partial charge in [-0.05, 0) is 72.0 Å². The molecule has 6 nitrogen and oxygen atoms in total. The average molecular weight is 571 g/mol. The monoisotopic (exact) mass is 570 g/mol. The molecule has 3 aromatic carbocycles. The van der Waals surface area contributed by atoms with E-state index in [-0.39, 0.29) is 34.6 Å². The smallest absolute Gasteiger partial charge is 0.243 e. The van der Waals surface area contributed by atoms with Crippen molar-refractivity contribution in [2.75, 3.05) is 10.7 Å². The highest BCUT2D eigenvalue weighted by atomic mass is 35.5. The second kappa shape index (κ2) is 11.1. The molecular weight excluding hydrogens is 544 g/mol. The number of aliphatic hydroxyl groups excluding tert-OH is 1. The Labute approximate surface area is 241 Å². The Kier molecular flexibility index (Phi) is 7.36. The van der Waals surface area contributed by atoms with Gasteiger partial charge in [0.1, 0.15) is 11.0 Å². The molecule has 1 saturated carbocycles. The lowest BCUT2D eigenvalue weighted by atomic mass is 9.92. The first kappa shape index (κ1) is 26.6. The van der Waals surface area contributed by atoms with Crippen molar-refractivity contribution in [3.8, 4) is 16.9 Å². The van der Waals surface area contributed by atoms with Crippen LogP contribution in [0.3, 0.4) is 0 Å². The summed E-state index contributed by atoms with van der Waals surface area (Å²) >= 11 is 7.39. The van der Waals surface area contributed by atoms with E-state index < -0.39 is 6.10 Å². The number of aliphatic hydroxyl groups is 1. The van der Waals surface area contributed by atoms with Crippen molar-refractivity contribution in [1.29, 1.82) is 0 Å². The van der Waals surface area contributed by atoms with Gasteiger partial charge in [0.25, 0.3) is 0 Å². The number of hydrogen-bond donors (Lipinski definition) is 2. The third kappa shape index (κ3) is 5.37. The summed E-state index contributed by atoms with van der Waals surface area (Å²) in [6.07, 6.45) is 4.53. The Balaban J connectivity index is 1.22. The number of pyridine rings is 1. The third-order valence-electron chi connectivity index (χ3n) is 7.42. The van der Waals surface area contributed by atoms with Gasteiger partial charge in [-0.2, -0.15) is 0 Å². The van der Waals surface area contributed by atoms with Crippen LogP contribution in [0.2, 0.25) is 5.02 Å². The lowest BCUT2D eigenvalue weighted by Gasteiger charge is -2.47. The number of nitrogens with zero attached hydrogens (tertiary/aromatic N) is 2. The van der Waals surface area contributed by atoms with Gasteiger partial charge >= 0.3 is 0 Å². The first-order valence-electron chi connectivity index (χ1n) is 13.2. The Morgan fingerprint density at radius 1 is 0.975 bits per heavy atom. The standard InChI is InChI=1S/C32H27ClN2O4S/c33-25-9-3-20(4-10-25)28(37)18-40-31-29(21-7-13-27(36)14-8-21)35(32(31)39)26-11-5-19(6-12-26)23-15-24(17-34-16-23)30(38)22-1-2-22/h3-17,22,28-29,31,36-37H,1-2,18H2/t28-,29+,31+/m0/s1. The van der Waals surface area contributed by atoms with E-state index in [2.05, 4.69) is 4.98 Å². The van der Waals surface area contributed by atoms with Crippen LogP contribution in [0, 0.1) is 5.92 Å². The molecule has 202 valence electrons. The summed E-state index contributed by atoms with van der Waals surface area (Å²) in [5.41, 5.74) is 4.79. The molecule has 1 aliphatic carbocycles. The number of rotatable bonds is 9. The van der Waals surface area contributed by atoms with Crippen LogP contribution in [-0.4, -0.2) is 37.9 Å². The predicted molar refractivity (Wildman–Crippen MR) is 158 cm³/mol. The fourth-order valence-corrected chi connectivity index (χ4v) is 6.44. The van der Waals surface area contributed by atoms with Gasteiger partial charge in [-0.15, -0.1) is 11.8 Å². The van der Waals surface area contributed by atoms with E-state index in [1.54, 1.807) is 53.7 Å². The maximum absolute atomic E-state index is 13.5. The van der Waals surface area contributed by atoms with Crippen LogP contribution in [0.1, 0.15) is 46.5 Å². The summed E-state index contributed by atoms with van der Waals surface area (Å²) in [7, 11) is 0. The number of Topliss-reactive ketones (excluding diaryl/α,β-unsaturated/α-hetero) is 1. The largest absolute Gasteiger partial charge is 0.508 e. The van der Waals surface area contributed by atoms with Crippen LogP contribution in [0.15, 0.2) is 91.3 Å². The van der Waals surface area contributed by atoms with Crippen LogP contribution in [0.4, 0.5) is 5.69 Å². The molecule has 0 unspecified atom stereocenters. The van der Waals surface area contributed by atoms with E-state index in [1.165, 1.54) is 11.8 Å². The number of ketones is 1. The average Bonchev–Trinajstić information content (AvgIpc) is 3.83. The highest BCUT2D eigenvalue weighted by Crippen LogP contribution is 2.46. The topological polar surface area (TPSA) is 90.7 Å². The minimum atomic E-state index is -0.736. The molecule has 0 radical (unpaired) electrons. The zero-order valence-corrected chi connectivity index (χ0v) is 23.1. The number of halogens is 1. The zero-order chi connectivity index (χ0) is 27.8. The van der Waals surface area contributed by atoms with Gasteiger partial charge in [-0.1, -0.05) is 48.0 Å². The van der Waals surface area contributed by atoms with Gasteiger partial charge in [-0.3, -0.25) is 14.6 Å². The second-order valence-electron chi connectivity index (χ2n) is 10.2. The second-order valence-corrected chi connectivity index (χ2v) is 11.8. The molecule has 4 aromatic rings. The van der Waals surface area contributed by atoms with Crippen LogP contribution in [0.25, 0.3) is 11.1 Å². The van der Waals surface area contributed by atoms with Crippen LogP contribution < -0.4 is 4.90 Å². The molecule has 0 spiro atoms. The zero-order valence-electron chi connectivity index (χ0n) is 21.5. The maximum Gasteiger partial charge on any atom is 0.243 e. The van der Waals surface area contributed by atoms with E-state index >= 15 is 0 Å². The lowest BCUT2D eigenvalue weighted by Crippen LogP contribution is -2.57. The molecule has 2 fully saturated rings. The molecule has 2 aliphatic rings. The number of aromatic nitrogens is 1. The number of carbonyl (C=O) groups excluding carboxylic acids is 2. The molecule has 0 bridgehead atoms. The molecule has 1 aromatic heterocycles. The lowest BCUT2D eigenvalue weighted by molar-refractivity contribution is -0.123. The molecular formula is C32H27ClN2O4S.